The molecule has 1 amide bonds. The number of nitrogens with zero attached hydrogens (tertiary/aromatic N) is 3. The molecule has 1 saturated heterocycles. The zero-order valence-corrected chi connectivity index (χ0v) is 20.4. The molecule has 1 fully saturated rings. The van der Waals surface area contributed by atoms with Crippen LogP contribution in [0.3, 0.4) is 0 Å². The minimum Gasteiger partial charge on any atom is -0.480 e. The molecule has 2 aromatic carbocycles. The molecular weight excluding hydrogens is 491 g/mol. The Morgan fingerprint density at radius 3 is 2.11 bits per heavy atom. The van der Waals surface area contributed by atoms with Crippen LogP contribution in [-0.2, 0) is 27.0 Å². The quantitative estimate of drug-likeness (QED) is 0.467. The molecule has 3 rings (SSSR count). The maximum atomic E-state index is 13.4. The molecule has 0 aliphatic carbocycles. The summed E-state index contributed by atoms with van der Waals surface area (Å²) >= 11 is 0. The number of likely N-dealkylation sites (N-methyl/N-ethyl adjacent to an activating group) is 1. The first kappa shape index (κ1) is 28.0. The molecule has 1 atom stereocenters. The van der Waals surface area contributed by atoms with Crippen molar-refractivity contribution in [1.82, 2.24) is 9.80 Å². The van der Waals surface area contributed by atoms with Gasteiger partial charge < -0.3 is 24.9 Å². The van der Waals surface area contributed by atoms with Crippen molar-refractivity contribution in [3.63, 3.8) is 0 Å². The molecule has 2 N–H and O–H groups in total. The van der Waals surface area contributed by atoms with Gasteiger partial charge in [0.15, 0.2) is 0 Å². The lowest BCUT2D eigenvalue weighted by molar-refractivity contribution is -0.138. The molecule has 8 nitrogen and oxygen atoms in total. The predicted molar refractivity (Wildman–Crippen MR) is 130 cm³/mol. The van der Waals surface area contributed by atoms with Crippen LogP contribution in [0.1, 0.15) is 35.6 Å². The van der Waals surface area contributed by atoms with E-state index in [4.69, 9.17) is 0 Å². The monoisotopic (exact) mass is 521 g/mol. The lowest BCUT2D eigenvalue weighted by Gasteiger charge is -2.33. The smallest absolute Gasteiger partial charge is 0.416 e. The van der Waals surface area contributed by atoms with Crippen LogP contribution in [0.4, 0.5) is 18.9 Å². The van der Waals surface area contributed by atoms with Gasteiger partial charge in [-0.1, -0.05) is 36.4 Å². The first-order valence-electron chi connectivity index (χ1n) is 11.9. The zero-order valence-electron chi connectivity index (χ0n) is 20.4. The van der Waals surface area contributed by atoms with E-state index in [0.29, 0.717) is 12.6 Å². The summed E-state index contributed by atoms with van der Waals surface area (Å²) in [7, 11) is 1.63. The van der Waals surface area contributed by atoms with Gasteiger partial charge in [-0.15, -0.1) is 0 Å². The van der Waals surface area contributed by atoms with E-state index in [2.05, 4.69) is 4.90 Å². The Bertz CT molecular complexity index is 1090. The first-order chi connectivity index (χ1) is 17.5. The van der Waals surface area contributed by atoms with E-state index in [0.717, 1.165) is 48.5 Å². The van der Waals surface area contributed by atoms with Crippen LogP contribution < -0.4 is 4.90 Å². The van der Waals surface area contributed by atoms with Crippen molar-refractivity contribution >= 4 is 23.5 Å². The summed E-state index contributed by atoms with van der Waals surface area (Å²) in [5.41, 5.74) is -0.294. The average molecular weight is 522 g/mol. The van der Waals surface area contributed by atoms with Gasteiger partial charge >= 0.3 is 18.1 Å². The summed E-state index contributed by atoms with van der Waals surface area (Å²) in [4.78, 5) is 40.8. The largest absolute Gasteiger partial charge is 0.480 e. The van der Waals surface area contributed by atoms with Gasteiger partial charge in [0, 0.05) is 19.3 Å². The van der Waals surface area contributed by atoms with Crippen LogP contribution in [0.2, 0.25) is 0 Å². The van der Waals surface area contributed by atoms with Crippen LogP contribution in [0, 0.1) is 0 Å². The molecule has 200 valence electrons. The molecule has 1 unspecified atom stereocenters. The second kappa shape index (κ2) is 12.1. The van der Waals surface area contributed by atoms with Crippen LogP contribution in [-0.4, -0.2) is 77.6 Å². The van der Waals surface area contributed by atoms with E-state index in [1.807, 2.05) is 30.3 Å². The molecular formula is C26H30F3N3O5. The summed E-state index contributed by atoms with van der Waals surface area (Å²) in [6, 6.07) is 11.7. The summed E-state index contributed by atoms with van der Waals surface area (Å²) < 4.78 is 40.3. The Morgan fingerprint density at radius 1 is 0.973 bits per heavy atom. The van der Waals surface area contributed by atoms with E-state index in [1.54, 1.807) is 11.9 Å². The second-order valence-corrected chi connectivity index (χ2v) is 9.10. The van der Waals surface area contributed by atoms with Gasteiger partial charge in [-0.3, -0.25) is 14.4 Å². The molecule has 0 spiro atoms. The Labute approximate surface area is 212 Å². The lowest BCUT2D eigenvalue weighted by Crippen LogP contribution is -2.40. The molecule has 2 aromatic rings. The van der Waals surface area contributed by atoms with E-state index >= 15 is 0 Å². The number of hydrogen-bond acceptors (Lipinski definition) is 5. The number of hydrogen-bond donors (Lipinski definition) is 2. The molecule has 0 aromatic heterocycles. The maximum Gasteiger partial charge on any atom is 0.416 e. The molecule has 0 bridgehead atoms. The Balaban J connectivity index is 1.94. The van der Waals surface area contributed by atoms with Gasteiger partial charge in [0.1, 0.15) is 13.1 Å². The molecule has 1 heterocycles. The van der Waals surface area contributed by atoms with Crippen molar-refractivity contribution < 1.29 is 37.8 Å². The van der Waals surface area contributed by atoms with Gasteiger partial charge in [0.25, 0.3) is 0 Å². The number of benzene rings is 2. The fourth-order valence-corrected chi connectivity index (χ4v) is 4.53. The van der Waals surface area contributed by atoms with Gasteiger partial charge in [-0.2, -0.15) is 13.2 Å². The highest BCUT2D eigenvalue weighted by Crippen LogP contribution is 2.34. The summed E-state index contributed by atoms with van der Waals surface area (Å²) in [5.74, 6) is -3.22. The van der Waals surface area contributed by atoms with Crippen molar-refractivity contribution in [2.24, 2.45) is 0 Å². The topological polar surface area (TPSA) is 101 Å². The van der Waals surface area contributed by atoms with Crippen molar-refractivity contribution in [2.75, 3.05) is 44.7 Å². The van der Waals surface area contributed by atoms with E-state index in [9.17, 15) is 37.8 Å². The van der Waals surface area contributed by atoms with Crippen LogP contribution >= 0.6 is 0 Å². The predicted octanol–water partition coefficient (Wildman–Crippen LogP) is 3.52. The maximum absolute atomic E-state index is 13.4. The van der Waals surface area contributed by atoms with E-state index < -0.39 is 36.8 Å². The minimum atomic E-state index is -4.74. The third-order valence-electron chi connectivity index (χ3n) is 6.42. The van der Waals surface area contributed by atoms with E-state index in [1.165, 1.54) is 0 Å². The Morgan fingerprint density at radius 2 is 1.57 bits per heavy atom. The van der Waals surface area contributed by atoms with Crippen molar-refractivity contribution in [3.05, 3.63) is 65.2 Å². The van der Waals surface area contributed by atoms with Gasteiger partial charge in [-0.05, 0) is 49.2 Å². The normalized spacial score (nSPS) is 14.8. The van der Waals surface area contributed by atoms with E-state index in [-0.39, 0.29) is 29.6 Å². The molecule has 37 heavy (non-hydrogen) atoms. The van der Waals surface area contributed by atoms with Gasteiger partial charge in [-0.25, -0.2) is 0 Å². The third-order valence-corrected chi connectivity index (χ3v) is 6.42. The van der Waals surface area contributed by atoms with Crippen molar-refractivity contribution in [3.8, 4) is 0 Å². The first-order valence-corrected chi connectivity index (χ1v) is 11.9. The zero-order chi connectivity index (χ0) is 27.2. The number of rotatable bonds is 11. The SMILES string of the molecule is CN(C(=O)Cc1ccc(C(F)(F)F)cc1N(CC(=O)O)CC(=O)O)C(CN1CCCC1)c1ccccc1. The highest BCUT2D eigenvalue weighted by molar-refractivity contribution is 5.84. The average Bonchev–Trinajstić information content (AvgIpc) is 3.34. The summed E-state index contributed by atoms with van der Waals surface area (Å²) in [6.07, 6.45) is -2.93. The Hall–Kier alpha value is -3.60. The minimum absolute atomic E-state index is 0.111. The van der Waals surface area contributed by atoms with Crippen LogP contribution in [0.5, 0.6) is 0 Å². The lowest BCUT2D eigenvalue weighted by atomic mass is 10.0. The molecule has 11 heteroatoms. The number of carbonyl (C=O) groups excluding carboxylic acids is 1. The number of anilines is 1. The highest BCUT2D eigenvalue weighted by atomic mass is 19.4. The number of halogens is 3. The molecule has 1 aliphatic heterocycles. The molecule has 0 radical (unpaired) electrons. The molecule has 0 saturated carbocycles. The summed E-state index contributed by atoms with van der Waals surface area (Å²) in [5, 5.41) is 18.5. The number of carboxylic acid groups (broad SMARTS) is 2. The van der Waals surface area contributed by atoms with Gasteiger partial charge in [0.05, 0.1) is 18.0 Å². The number of aliphatic carboxylic acids is 2. The standard InChI is InChI=1S/C26H30F3N3O5/c1-30(22(15-31-11-5-6-12-31)18-7-3-2-4-8-18)23(33)13-19-9-10-20(26(27,28)29)14-21(19)32(16-24(34)35)17-25(36)37/h2-4,7-10,14,22H,5-6,11-13,15-17H2,1H3,(H,34,35)(H,36,37). The van der Waals surface area contributed by atoms with Crippen LogP contribution in [0.15, 0.2) is 48.5 Å². The molecule has 1 aliphatic rings. The third kappa shape index (κ3) is 7.69. The number of alkyl halides is 3. The number of carboxylic acids is 2. The van der Waals surface area contributed by atoms with Crippen molar-refractivity contribution in [2.45, 2.75) is 31.5 Å². The number of amides is 1. The highest BCUT2D eigenvalue weighted by Gasteiger charge is 2.33. The summed E-state index contributed by atoms with van der Waals surface area (Å²) in [6.45, 7) is 0.732. The number of likely N-dealkylation sites (tertiary alicyclic amines) is 1. The fourth-order valence-electron chi connectivity index (χ4n) is 4.53. The van der Waals surface area contributed by atoms with Crippen molar-refractivity contribution in [1.29, 1.82) is 0 Å². The van der Waals surface area contributed by atoms with Crippen LogP contribution in [0.25, 0.3) is 0 Å². The van der Waals surface area contributed by atoms with Gasteiger partial charge in [0.2, 0.25) is 5.91 Å². The Kier molecular flexibility index (Phi) is 9.14. The number of carbonyl (C=O) groups is 3. The fraction of sp³-hybridized carbons (Fsp3) is 0.423. The second-order valence-electron chi connectivity index (χ2n) is 9.10.